The van der Waals surface area contributed by atoms with Gasteiger partial charge in [-0.3, -0.25) is 14.8 Å². The molecular formula is C24H20N8. The maximum absolute atomic E-state index is 9.00. The lowest BCUT2D eigenvalue weighted by atomic mass is 10.1. The fourth-order valence-corrected chi connectivity index (χ4v) is 3.69. The molecule has 0 saturated heterocycles. The zero-order valence-electron chi connectivity index (χ0n) is 17.1. The second kappa shape index (κ2) is 7.91. The fraction of sp³-hybridized carbons (Fsp3) is 0.0417. The van der Waals surface area contributed by atoms with Crippen LogP contribution in [0.1, 0.15) is 11.1 Å². The number of H-pyrrole nitrogens is 1. The second-order valence-electron chi connectivity index (χ2n) is 7.47. The summed E-state index contributed by atoms with van der Waals surface area (Å²) in [5, 5.41) is 23.1. The Morgan fingerprint density at radius 2 is 1.88 bits per heavy atom. The standard InChI is InChI=1S/C24H20N8/c25-13-16-1-3-17(4-2-16)15-31-23(9-10-29-31)18-6-8-21(26)24(11-18)32(27)20-7-5-19-14-28-30-22(19)12-20/h1-12,14H,15,26-27H2,(H,28,30). The Morgan fingerprint density at radius 3 is 2.69 bits per heavy atom. The Labute approximate surface area is 184 Å². The first kappa shape index (κ1) is 19.4. The molecule has 0 unspecified atom stereocenters. The quantitative estimate of drug-likeness (QED) is 0.225. The molecule has 5 rings (SSSR count). The average Bonchev–Trinajstić information content (AvgIpc) is 3.48. The van der Waals surface area contributed by atoms with Gasteiger partial charge in [-0.1, -0.05) is 18.2 Å². The third kappa shape index (κ3) is 3.53. The van der Waals surface area contributed by atoms with Gasteiger partial charge in [-0.15, -0.1) is 0 Å². The Bertz CT molecular complexity index is 1440. The highest BCUT2D eigenvalue weighted by Gasteiger charge is 2.14. The largest absolute Gasteiger partial charge is 0.397 e. The molecule has 5 aromatic rings. The summed E-state index contributed by atoms with van der Waals surface area (Å²) in [6.45, 7) is 0.580. The third-order valence-electron chi connectivity index (χ3n) is 5.42. The van der Waals surface area contributed by atoms with Crippen LogP contribution in [0.2, 0.25) is 0 Å². The van der Waals surface area contributed by atoms with Crippen LogP contribution >= 0.6 is 0 Å². The molecule has 0 saturated carbocycles. The number of nitrogens with one attached hydrogen (secondary N) is 1. The number of hydrogen-bond acceptors (Lipinski definition) is 6. The lowest BCUT2D eigenvalue weighted by Crippen LogP contribution is -2.25. The van der Waals surface area contributed by atoms with Crippen LogP contribution in [0.25, 0.3) is 22.2 Å². The monoisotopic (exact) mass is 420 g/mol. The lowest BCUT2D eigenvalue weighted by Gasteiger charge is -2.21. The predicted octanol–water partition coefficient (Wildman–Crippen LogP) is 3.94. The summed E-state index contributed by atoms with van der Waals surface area (Å²) in [5.41, 5.74) is 12.8. The molecule has 32 heavy (non-hydrogen) atoms. The maximum Gasteiger partial charge on any atom is 0.0991 e. The highest BCUT2D eigenvalue weighted by molar-refractivity contribution is 5.85. The van der Waals surface area contributed by atoms with Crippen LogP contribution in [-0.4, -0.2) is 20.0 Å². The van der Waals surface area contributed by atoms with Crippen molar-refractivity contribution in [2.24, 2.45) is 5.84 Å². The van der Waals surface area contributed by atoms with E-state index < -0.39 is 0 Å². The summed E-state index contributed by atoms with van der Waals surface area (Å²) >= 11 is 0. The summed E-state index contributed by atoms with van der Waals surface area (Å²) in [6, 6.07) is 23.2. The van der Waals surface area contributed by atoms with Crippen molar-refractivity contribution in [1.29, 1.82) is 5.26 Å². The Balaban J connectivity index is 1.47. The van der Waals surface area contributed by atoms with E-state index >= 15 is 0 Å². The smallest absolute Gasteiger partial charge is 0.0991 e. The molecule has 3 aromatic carbocycles. The van der Waals surface area contributed by atoms with Gasteiger partial charge in [0.1, 0.15) is 0 Å². The molecule has 0 fully saturated rings. The van der Waals surface area contributed by atoms with Crippen LogP contribution in [0.3, 0.4) is 0 Å². The van der Waals surface area contributed by atoms with Crippen molar-refractivity contribution in [2.45, 2.75) is 6.54 Å². The maximum atomic E-state index is 9.00. The molecule has 5 N–H and O–H groups in total. The summed E-state index contributed by atoms with van der Waals surface area (Å²) in [5.74, 6) is 6.46. The van der Waals surface area contributed by atoms with Crippen molar-refractivity contribution in [3.8, 4) is 17.3 Å². The zero-order valence-corrected chi connectivity index (χ0v) is 17.1. The number of anilines is 3. The van der Waals surface area contributed by atoms with E-state index in [0.29, 0.717) is 23.5 Å². The highest BCUT2D eigenvalue weighted by Crippen LogP contribution is 2.33. The van der Waals surface area contributed by atoms with Gasteiger partial charge in [-0.05, 0) is 54.1 Å². The molecule has 0 spiro atoms. The molecule has 2 heterocycles. The fourth-order valence-electron chi connectivity index (χ4n) is 3.69. The average molecular weight is 420 g/mol. The van der Waals surface area contributed by atoms with Crippen molar-refractivity contribution in [3.63, 3.8) is 0 Å². The molecule has 0 atom stereocenters. The molecule has 0 aliphatic heterocycles. The molecule has 8 nitrogen and oxygen atoms in total. The zero-order chi connectivity index (χ0) is 22.1. The molecule has 0 radical (unpaired) electrons. The molecule has 2 aromatic heterocycles. The Kier molecular flexibility index (Phi) is 4.78. The van der Waals surface area contributed by atoms with Crippen LogP contribution in [0.15, 0.2) is 79.1 Å². The number of aromatic amines is 1. The predicted molar refractivity (Wildman–Crippen MR) is 125 cm³/mol. The van der Waals surface area contributed by atoms with E-state index in [2.05, 4.69) is 21.4 Å². The lowest BCUT2D eigenvalue weighted by molar-refractivity contribution is 0.694. The van der Waals surface area contributed by atoms with Gasteiger partial charge in [0.05, 0.1) is 52.6 Å². The van der Waals surface area contributed by atoms with Gasteiger partial charge in [-0.2, -0.15) is 15.5 Å². The van der Waals surface area contributed by atoms with Gasteiger partial charge < -0.3 is 5.73 Å². The first-order chi connectivity index (χ1) is 15.6. The van der Waals surface area contributed by atoms with Crippen molar-refractivity contribution in [1.82, 2.24) is 20.0 Å². The van der Waals surface area contributed by atoms with Crippen LogP contribution < -0.4 is 16.6 Å². The second-order valence-corrected chi connectivity index (χ2v) is 7.47. The van der Waals surface area contributed by atoms with Crippen LogP contribution in [0.4, 0.5) is 17.1 Å². The SMILES string of the molecule is N#Cc1ccc(Cn2nccc2-c2ccc(N)c(N(N)c3ccc4cn[nH]c4c3)c2)cc1. The number of nitrogen functional groups attached to an aromatic ring is 1. The van der Waals surface area contributed by atoms with Crippen LogP contribution in [0, 0.1) is 11.3 Å². The summed E-state index contributed by atoms with van der Waals surface area (Å²) in [6.07, 6.45) is 3.53. The van der Waals surface area contributed by atoms with E-state index in [1.807, 2.05) is 71.4 Å². The molecule has 0 aliphatic carbocycles. The number of rotatable bonds is 5. The van der Waals surface area contributed by atoms with Gasteiger partial charge >= 0.3 is 0 Å². The normalized spacial score (nSPS) is 10.9. The Hall–Kier alpha value is -4.61. The topological polar surface area (TPSA) is 126 Å². The number of aromatic nitrogens is 4. The van der Waals surface area contributed by atoms with Crippen molar-refractivity contribution < 1.29 is 0 Å². The minimum atomic E-state index is 0.569. The number of benzene rings is 3. The van der Waals surface area contributed by atoms with Crippen molar-refractivity contribution in [3.05, 3.63) is 90.3 Å². The van der Waals surface area contributed by atoms with Crippen LogP contribution in [-0.2, 0) is 6.54 Å². The van der Waals surface area contributed by atoms with E-state index in [1.165, 1.54) is 0 Å². The number of fused-ring (bicyclic) bond motifs is 1. The van der Waals surface area contributed by atoms with Gasteiger partial charge in [0, 0.05) is 17.1 Å². The summed E-state index contributed by atoms with van der Waals surface area (Å²) in [7, 11) is 0. The van der Waals surface area contributed by atoms with Gasteiger partial charge in [0.2, 0.25) is 0 Å². The van der Waals surface area contributed by atoms with Crippen LogP contribution in [0.5, 0.6) is 0 Å². The minimum Gasteiger partial charge on any atom is -0.397 e. The van der Waals surface area contributed by atoms with Crippen molar-refractivity contribution >= 4 is 28.0 Å². The first-order valence-corrected chi connectivity index (χ1v) is 10.0. The number of nitrogens with zero attached hydrogens (tertiary/aromatic N) is 5. The molecule has 156 valence electrons. The Morgan fingerprint density at radius 1 is 1.03 bits per heavy atom. The third-order valence-corrected chi connectivity index (χ3v) is 5.42. The number of nitriles is 1. The number of hydrogen-bond donors (Lipinski definition) is 3. The van der Waals surface area contributed by atoms with Gasteiger partial charge in [0.25, 0.3) is 0 Å². The summed E-state index contributed by atoms with van der Waals surface area (Å²) in [4.78, 5) is 0. The summed E-state index contributed by atoms with van der Waals surface area (Å²) < 4.78 is 1.91. The first-order valence-electron chi connectivity index (χ1n) is 10.0. The molecule has 0 aliphatic rings. The minimum absolute atomic E-state index is 0.569. The number of nitrogens with two attached hydrogens (primary N) is 2. The van der Waals surface area contributed by atoms with E-state index in [9.17, 15) is 0 Å². The molecule has 0 bridgehead atoms. The highest BCUT2D eigenvalue weighted by atomic mass is 15.4. The van der Waals surface area contributed by atoms with Gasteiger partial charge in [0.15, 0.2) is 0 Å². The number of hydrazine groups is 1. The molecular weight excluding hydrogens is 400 g/mol. The van der Waals surface area contributed by atoms with Crippen molar-refractivity contribution in [2.75, 3.05) is 10.7 Å². The van der Waals surface area contributed by atoms with E-state index in [4.69, 9.17) is 16.8 Å². The van der Waals surface area contributed by atoms with E-state index in [1.54, 1.807) is 17.4 Å². The molecule has 0 amide bonds. The molecule has 8 heteroatoms. The van der Waals surface area contributed by atoms with E-state index in [0.717, 1.165) is 33.4 Å². The van der Waals surface area contributed by atoms with Gasteiger partial charge in [-0.25, -0.2) is 5.84 Å². The van der Waals surface area contributed by atoms with E-state index in [-0.39, 0.29) is 0 Å².